The molecule has 0 bridgehead atoms. The van der Waals surface area contributed by atoms with E-state index in [1.54, 1.807) is 0 Å². The normalized spacial score (nSPS) is 10.6. The van der Waals surface area contributed by atoms with Crippen molar-refractivity contribution in [3.63, 3.8) is 0 Å². The second kappa shape index (κ2) is 5.90. The first-order chi connectivity index (χ1) is 7.99. The number of nitrogens with zero attached hydrogens (tertiary/aromatic N) is 1. The molecule has 1 N–H and O–H groups in total. The van der Waals surface area contributed by atoms with E-state index in [1.807, 2.05) is 0 Å². The summed E-state index contributed by atoms with van der Waals surface area (Å²) in [6.45, 7) is 0. The average Bonchev–Trinajstić information content (AvgIpc) is 2.31. The van der Waals surface area contributed by atoms with Crippen LogP contribution in [0.1, 0.15) is 23.4 Å². The van der Waals surface area contributed by atoms with E-state index in [2.05, 4.69) is 25.7 Å². The molecule has 17 heavy (non-hydrogen) atoms. The molecule has 0 aliphatic rings. The van der Waals surface area contributed by atoms with Crippen molar-refractivity contribution in [3.05, 3.63) is 23.0 Å². The first-order valence-corrected chi connectivity index (χ1v) is 5.74. The van der Waals surface area contributed by atoms with Gasteiger partial charge in [-0.3, -0.25) is 4.79 Å². The lowest BCUT2D eigenvalue weighted by Gasteiger charge is -2.09. The van der Waals surface area contributed by atoms with Gasteiger partial charge in [0.1, 0.15) is 11.4 Å². The second-order valence-electron chi connectivity index (χ2n) is 3.19. The van der Waals surface area contributed by atoms with Gasteiger partial charge >= 0.3 is 5.97 Å². The summed E-state index contributed by atoms with van der Waals surface area (Å²) in [5, 5.41) is 9.88. The number of esters is 1. The standard InChI is InChI=1S/C10H10BrF2NO3/c1-17-8(15)3-6-9(16)5(4-11)2-7(14-6)10(12)13/h2,10,16H,3-4H2,1H3. The number of aromatic nitrogens is 1. The quantitative estimate of drug-likeness (QED) is 0.685. The number of ether oxygens (including phenoxy) is 1. The summed E-state index contributed by atoms with van der Waals surface area (Å²) < 4.78 is 29.5. The fourth-order valence-corrected chi connectivity index (χ4v) is 1.65. The molecular formula is C10H10BrF2NO3. The minimum atomic E-state index is -2.76. The molecule has 1 aromatic heterocycles. The summed E-state index contributed by atoms with van der Waals surface area (Å²) >= 11 is 3.06. The molecule has 0 aliphatic heterocycles. The highest BCUT2D eigenvalue weighted by Gasteiger charge is 2.18. The van der Waals surface area contributed by atoms with Crippen molar-refractivity contribution in [3.8, 4) is 5.75 Å². The van der Waals surface area contributed by atoms with Crippen molar-refractivity contribution in [2.75, 3.05) is 7.11 Å². The van der Waals surface area contributed by atoms with Crippen LogP contribution >= 0.6 is 15.9 Å². The van der Waals surface area contributed by atoms with Gasteiger partial charge in [0.15, 0.2) is 0 Å². The van der Waals surface area contributed by atoms with Gasteiger partial charge < -0.3 is 9.84 Å². The zero-order valence-corrected chi connectivity index (χ0v) is 10.5. The van der Waals surface area contributed by atoms with Crippen LogP contribution in [0, 0.1) is 0 Å². The summed E-state index contributed by atoms with van der Waals surface area (Å²) in [4.78, 5) is 14.6. The van der Waals surface area contributed by atoms with Gasteiger partial charge in [-0.05, 0) is 6.07 Å². The van der Waals surface area contributed by atoms with Gasteiger partial charge in [-0.1, -0.05) is 15.9 Å². The summed E-state index contributed by atoms with van der Waals surface area (Å²) in [5.41, 5.74) is -0.325. The molecule has 1 heterocycles. The third kappa shape index (κ3) is 3.36. The van der Waals surface area contributed by atoms with Crippen molar-refractivity contribution in [2.45, 2.75) is 18.2 Å². The Labute approximate surface area is 105 Å². The van der Waals surface area contributed by atoms with Gasteiger partial charge in [-0.25, -0.2) is 13.8 Å². The Balaban J connectivity index is 3.17. The molecule has 0 saturated carbocycles. The number of rotatable bonds is 4. The van der Waals surface area contributed by atoms with Gasteiger partial charge in [0.05, 0.1) is 19.2 Å². The molecule has 94 valence electrons. The Hall–Kier alpha value is -1.24. The van der Waals surface area contributed by atoms with Gasteiger partial charge in [0.2, 0.25) is 0 Å². The first kappa shape index (κ1) is 13.8. The van der Waals surface area contributed by atoms with Crippen molar-refractivity contribution >= 4 is 21.9 Å². The average molecular weight is 310 g/mol. The van der Waals surface area contributed by atoms with E-state index in [0.29, 0.717) is 0 Å². The Morgan fingerprint density at radius 3 is 2.76 bits per heavy atom. The molecule has 0 atom stereocenters. The van der Waals surface area contributed by atoms with Crippen molar-refractivity contribution in [1.82, 2.24) is 4.98 Å². The summed E-state index contributed by atoms with van der Waals surface area (Å²) in [6, 6.07) is 1.09. The Morgan fingerprint density at radius 2 is 2.29 bits per heavy atom. The first-order valence-electron chi connectivity index (χ1n) is 4.62. The highest BCUT2D eigenvalue weighted by atomic mass is 79.9. The van der Waals surface area contributed by atoms with Crippen LogP contribution in [-0.2, 0) is 21.3 Å². The van der Waals surface area contributed by atoms with Gasteiger partial charge in [0, 0.05) is 10.9 Å². The number of carbonyl (C=O) groups is 1. The number of pyridine rings is 1. The number of hydrogen-bond donors (Lipinski definition) is 1. The maximum atomic E-state index is 12.5. The molecule has 0 aliphatic carbocycles. The van der Waals surface area contributed by atoms with Crippen LogP contribution in [0.3, 0.4) is 0 Å². The lowest BCUT2D eigenvalue weighted by atomic mass is 10.1. The number of hydrogen-bond acceptors (Lipinski definition) is 4. The Kier molecular flexibility index (Phi) is 4.80. The molecule has 0 amide bonds. The van der Waals surface area contributed by atoms with E-state index in [4.69, 9.17) is 0 Å². The molecule has 0 radical (unpaired) electrons. The van der Waals surface area contributed by atoms with E-state index in [1.165, 1.54) is 7.11 Å². The third-order valence-electron chi connectivity index (χ3n) is 2.07. The van der Waals surface area contributed by atoms with Crippen LogP contribution in [0.25, 0.3) is 0 Å². The third-order valence-corrected chi connectivity index (χ3v) is 2.67. The highest BCUT2D eigenvalue weighted by molar-refractivity contribution is 9.08. The largest absolute Gasteiger partial charge is 0.506 e. The minimum Gasteiger partial charge on any atom is -0.506 e. The predicted octanol–water partition coefficient (Wildman–Crippen LogP) is 2.34. The van der Waals surface area contributed by atoms with E-state index in [-0.39, 0.29) is 28.8 Å². The molecule has 4 nitrogen and oxygen atoms in total. The van der Waals surface area contributed by atoms with Crippen molar-refractivity contribution in [2.24, 2.45) is 0 Å². The van der Waals surface area contributed by atoms with Crippen LogP contribution < -0.4 is 0 Å². The maximum absolute atomic E-state index is 12.5. The molecule has 0 aromatic carbocycles. The number of halogens is 3. The van der Waals surface area contributed by atoms with Gasteiger partial charge in [-0.15, -0.1) is 0 Å². The molecule has 0 saturated heterocycles. The SMILES string of the molecule is COC(=O)Cc1nc(C(F)F)cc(CBr)c1O. The number of carbonyl (C=O) groups excluding carboxylic acids is 1. The van der Waals surface area contributed by atoms with Crippen molar-refractivity contribution in [1.29, 1.82) is 0 Å². The lowest BCUT2D eigenvalue weighted by Crippen LogP contribution is -2.08. The van der Waals surface area contributed by atoms with E-state index in [9.17, 15) is 18.7 Å². The fourth-order valence-electron chi connectivity index (χ4n) is 1.22. The molecule has 0 fully saturated rings. The Morgan fingerprint density at radius 1 is 1.65 bits per heavy atom. The van der Waals surface area contributed by atoms with Crippen LogP contribution in [0.5, 0.6) is 5.75 Å². The summed E-state index contributed by atoms with van der Waals surface area (Å²) in [6.07, 6.45) is -3.10. The fraction of sp³-hybridized carbons (Fsp3) is 0.400. The number of methoxy groups -OCH3 is 1. The van der Waals surface area contributed by atoms with Crippen LogP contribution in [0.4, 0.5) is 8.78 Å². The molecule has 7 heteroatoms. The monoisotopic (exact) mass is 309 g/mol. The van der Waals surface area contributed by atoms with Gasteiger partial charge in [0.25, 0.3) is 6.43 Å². The minimum absolute atomic E-state index is 0.107. The maximum Gasteiger partial charge on any atom is 0.311 e. The number of alkyl halides is 3. The van der Waals surface area contributed by atoms with Crippen molar-refractivity contribution < 1.29 is 23.4 Å². The van der Waals surface area contributed by atoms with E-state index >= 15 is 0 Å². The topological polar surface area (TPSA) is 59.4 Å². The second-order valence-corrected chi connectivity index (χ2v) is 3.75. The van der Waals surface area contributed by atoms with Gasteiger partial charge in [-0.2, -0.15) is 0 Å². The zero-order valence-electron chi connectivity index (χ0n) is 8.91. The van der Waals surface area contributed by atoms with Crippen LogP contribution in [0.15, 0.2) is 6.07 Å². The van der Waals surface area contributed by atoms with E-state index in [0.717, 1.165) is 6.07 Å². The smallest absolute Gasteiger partial charge is 0.311 e. The molecule has 0 spiro atoms. The predicted molar refractivity (Wildman–Crippen MR) is 59.2 cm³/mol. The number of aromatic hydroxyl groups is 1. The molecular weight excluding hydrogens is 300 g/mol. The van der Waals surface area contributed by atoms with Crippen LogP contribution in [0.2, 0.25) is 0 Å². The summed E-state index contributed by atoms with van der Waals surface area (Å²) in [5.74, 6) is -0.920. The molecule has 1 aromatic rings. The Bertz CT molecular complexity index is 426. The molecule has 0 unspecified atom stereocenters. The lowest BCUT2D eigenvalue weighted by molar-refractivity contribution is -0.139. The van der Waals surface area contributed by atoms with E-state index < -0.39 is 18.1 Å². The summed E-state index contributed by atoms with van der Waals surface area (Å²) in [7, 11) is 1.17. The highest BCUT2D eigenvalue weighted by Crippen LogP contribution is 2.28. The van der Waals surface area contributed by atoms with Crippen LogP contribution in [-0.4, -0.2) is 23.2 Å². The molecule has 1 rings (SSSR count). The zero-order chi connectivity index (χ0) is 13.0.